The molecule has 11 heteroatoms. The van der Waals surface area contributed by atoms with Gasteiger partial charge in [0.25, 0.3) is 0 Å². The van der Waals surface area contributed by atoms with E-state index in [1.807, 2.05) is 6.07 Å². The lowest BCUT2D eigenvalue weighted by Gasteiger charge is -2.32. The average molecular weight is 485 g/mol. The van der Waals surface area contributed by atoms with E-state index in [-0.39, 0.29) is 26.6 Å². The third kappa shape index (κ3) is 10.9. The van der Waals surface area contributed by atoms with Gasteiger partial charge < -0.3 is 39.0 Å². The number of ether oxygens (including phenoxy) is 5. The molecule has 1 aromatic rings. The first-order valence-corrected chi connectivity index (χ1v) is 10.8. The third-order valence-electron chi connectivity index (χ3n) is 4.37. The van der Waals surface area contributed by atoms with E-state index in [9.17, 15) is 19.5 Å². The maximum absolute atomic E-state index is 13.5. The van der Waals surface area contributed by atoms with Crippen LogP contribution in [0.3, 0.4) is 0 Å². The number of methoxy groups -OCH3 is 2. The number of rotatable bonds is 14. The third-order valence-corrected chi connectivity index (χ3v) is 4.37. The molecule has 0 spiro atoms. The fourth-order valence-corrected chi connectivity index (χ4v) is 2.81. The first-order valence-electron chi connectivity index (χ1n) is 10.8. The predicted molar refractivity (Wildman–Crippen MR) is 122 cm³/mol. The number of amides is 2. The predicted octanol–water partition coefficient (Wildman–Crippen LogP) is 1.08. The molecule has 192 valence electrons. The van der Waals surface area contributed by atoms with Gasteiger partial charge in [-0.15, -0.1) is 0 Å². The zero-order valence-electron chi connectivity index (χ0n) is 20.4. The summed E-state index contributed by atoms with van der Waals surface area (Å²) in [5.41, 5.74) is -0.0939. The van der Waals surface area contributed by atoms with Gasteiger partial charge in [0.1, 0.15) is 18.4 Å². The lowest BCUT2D eigenvalue weighted by Crippen LogP contribution is -2.56. The summed E-state index contributed by atoms with van der Waals surface area (Å²) in [4.78, 5) is 39.4. The number of aliphatic hydroxyl groups excluding tert-OH is 1. The van der Waals surface area contributed by atoms with Crippen molar-refractivity contribution >= 4 is 18.0 Å². The molecule has 0 saturated carbocycles. The molecule has 0 saturated heterocycles. The Morgan fingerprint density at radius 3 is 2.29 bits per heavy atom. The van der Waals surface area contributed by atoms with Gasteiger partial charge in [-0.25, -0.2) is 9.59 Å². The number of benzene rings is 1. The average Bonchev–Trinajstić information content (AvgIpc) is 2.79. The fourth-order valence-electron chi connectivity index (χ4n) is 2.81. The molecular formula is C23H36N2O9. The van der Waals surface area contributed by atoms with E-state index in [0.29, 0.717) is 12.2 Å². The molecule has 1 rings (SSSR count). The molecular weight excluding hydrogens is 448 g/mol. The van der Waals surface area contributed by atoms with Crippen LogP contribution in [0.1, 0.15) is 26.3 Å². The summed E-state index contributed by atoms with van der Waals surface area (Å²) in [5.74, 6) is -1.47. The molecule has 0 heterocycles. The van der Waals surface area contributed by atoms with Crippen molar-refractivity contribution in [2.75, 3.05) is 47.4 Å². The van der Waals surface area contributed by atoms with Crippen molar-refractivity contribution in [2.24, 2.45) is 0 Å². The number of esters is 1. The van der Waals surface area contributed by atoms with Crippen LogP contribution in [-0.4, -0.2) is 93.1 Å². The smallest absolute Gasteiger partial charge is 0.408 e. The quantitative estimate of drug-likeness (QED) is 0.226. The minimum atomic E-state index is -1.29. The molecule has 0 aromatic heterocycles. The monoisotopic (exact) mass is 484 g/mol. The minimum Gasteiger partial charge on any atom is -0.467 e. The number of hydrogen-bond acceptors (Lipinski definition) is 9. The number of alkyl carbamates (subject to hydrolysis) is 1. The summed E-state index contributed by atoms with van der Waals surface area (Å²) in [6.07, 6.45) is -0.840. The van der Waals surface area contributed by atoms with E-state index in [1.54, 1.807) is 45.0 Å². The lowest BCUT2D eigenvalue weighted by atomic mass is 10.1. The van der Waals surface area contributed by atoms with Gasteiger partial charge in [-0.2, -0.15) is 0 Å². The van der Waals surface area contributed by atoms with Crippen molar-refractivity contribution in [3.63, 3.8) is 0 Å². The second-order valence-electron chi connectivity index (χ2n) is 8.26. The van der Waals surface area contributed by atoms with Crippen molar-refractivity contribution in [1.82, 2.24) is 10.2 Å². The number of carbonyl (C=O) groups is 3. The molecule has 2 atom stereocenters. The molecule has 2 N–H and O–H groups in total. The van der Waals surface area contributed by atoms with Gasteiger partial charge in [0.05, 0.1) is 33.5 Å². The van der Waals surface area contributed by atoms with Crippen molar-refractivity contribution in [3.8, 4) is 0 Å². The highest BCUT2D eigenvalue weighted by atomic mass is 16.7. The van der Waals surface area contributed by atoms with Gasteiger partial charge in [-0.3, -0.25) is 4.79 Å². The molecule has 2 amide bonds. The van der Waals surface area contributed by atoms with Crippen LogP contribution in [-0.2, 0) is 39.8 Å². The summed E-state index contributed by atoms with van der Waals surface area (Å²) < 4.78 is 25.6. The molecule has 0 bridgehead atoms. The van der Waals surface area contributed by atoms with E-state index in [1.165, 1.54) is 7.11 Å². The molecule has 0 aliphatic rings. The van der Waals surface area contributed by atoms with E-state index >= 15 is 0 Å². The topological polar surface area (TPSA) is 133 Å². The van der Waals surface area contributed by atoms with Crippen LogP contribution in [0.15, 0.2) is 30.3 Å². The Labute approximate surface area is 200 Å². The standard InChI is InChI=1S/C23H36N2O9/c1-23(2,3)34-22(29)24-18(15-33-16-32-12-11-30-4)20(27)25(19(14-26)21(28)31-5)13-17-9-7-6-8-10-17/h6-10,18-19,26H,11-16H2,1-5H3,(H,24,29). The van der Waals surface area contributed by atoms with Crippen LogP contribution in [0, 0.1) is 0 Å². The van der Waals surface area contributed by atoms with Gasteiger partial charge in [-0.05, 0) is 26.3 Å². The summed E-state index contributed by atoms with van der Waals surface area (Å²) in [6.45, 7) is 4.59. The SMILES string of the molecule is COCCOCOCC(NC(=O)OC(C)(C)C)C(=O)N(Cc1ccccc1)C(CO)C(=O)OC. The number of nitrogens with zero attached hydrogens (tertiary/aromatic N) is 1. The number of aliphatic hydroxyl groups is 1. The maximum Gasteiger partial charge on any atom is 0.408 e. The van der Waals surface area contributed by atoms with Crippen LogP contribution in [0.25, 0.3) is 0 Å². The summed E-state index contributed by atoms with van der Waals surface area (Å²) in [5, 5.41) is 12.4. The maximum atomic E-state index is 13.5. The van der Waals surface area contributed by atoms with Crippen LogP contribution in [0.5, 0.6) is 0 Å². The van der Waals surface area contributed by atoms with Crippen molar-refractivity contribution in [2.45, 2.75) is 45.0 Å². The number of nitrogens with one attached hydrogen (secondary N) is 1. The van der Waals surface area contributed by atoms with Gasteiger partial charge in [-0.1, -0.05) is 30.3 Å². The second kappa shape index (κ2) is 15.2. The van der Waals surface area contributed by atoms with Gasteiger partial charge in [0.15, 0.2) is 6.04 Å². The highest BCUT2D eigenvalue weighted by Crippen LogP contribution is 2.13. The molecule has 11 nitrogen and oxygen atoms in total. The molecule has 0 aliphatic heterocycles. The summed E-state index contributed by atoms with van der Waals surface area (Å²) in [6, 6.07) is 6.37. The molecule has 0 radical (unpaired) electrons. The number of carbonyl (C=O) groups excluding carboxylic acids is 3. The molecule has 1 aromatic carbocycles. The Hall–Kier alpha value is -2.73. The normalized spacial score (nSPS) is 13.0. The molecule has 0 aliphatic carbocycles. The number of hydrogen-bond donors (Lipinski definition) is 2. The molecule has 0 fully saturated rings. The minimum absolute atomic E-state index is 0.0170. The van der Waals surface area contributed by atoms with Gasteiger partial charge >= 0.3 is 12.1 Å². The van der Waals surface area contributed by atoms with E-state index < -0.39 is 42.3 Å². The highest BCUT2D eigenvalue weighted by Gasteiger charge is 2.36. The zero-order chi connectivity index (χ0) is 25.6. The Balaban J connectivity index is 3.11. The van der Waals surface area contributed by atoms with Crippen LogP contribution in [0.2, 0.25) is 0 Å². The fraction of sp³-hybridized carbons (Fsp3) is 0.609. The zero-order valence-corrected chi connectivity index (χ0v) is 20.4. The Kier molecular flexibility index (Phi) is 13.1. The van der Waals surface area contributed by atoms with Crippen molar-refractivity contribution < 1.29 is 43.2 Å². The summed E-state index contributed by atoms with van der Waals surface area (Å²) in [7, 11) is 2.69. The van der Waals surface area contributed by atoms with Crippen molar-refractivity contribution in [1.29, 1.82) is 0 Å². The highest BCUT2D eigenvalue weighted by molar-refractivity contribution is 5.90. The van der Waals surface area contributed by atoms with Crippen molar-refractivity contribution in [3.05, 3.63) is 35.9 Å². The van der Waals surface area contributed by atoms with Gasteiger partial charge in [0.2, 0.25) is 5.91 Å². The van der Waals surface area contributed by atoms with Gasteiger partial charge in [0, 0.05) is 13.7 Å². The Bertz CT molecular complexity index is 753. The van der Waals surface area contributed by atoms with E-state index in [4.69, 9.17) is 23.7 Å². The molecule has 2 unspecified atom stereocenters. The first-order chi connectivity index (χ1) is 16.1. The first kappa shape index (κ1) is 29.3. The second-order valence-corrected chi connectivity index (χ2v) is 8.26. The largest absolute Gasteiger partial charge is 0.467 e. The summed E-state index contributed by atoms with van der Waals surface area (Å²) >= 11 is 0. The van der Waals surface area contributed by atoms with Crippen LogP contribution in [0.4, 0.5) is 4.79 Å². The lowest BCUT2D eigenvalue weighted by molar-refractivity contribution is -0.157. The van der Waals surface area contributed by atoms with Crippen LogP contribution >= 0.6 is 0 Å². The van der Waals surface area contributed by atoms with Crippen LogP contribution < -0.4 is 5.32 Å². The van der Waals surface area contributed by atoms with E-state index in [0.717, 1.165) is 12.0 Å². The molecule has 34 heavy (non-hydrogen) atoms. The Morgan fingerprint density at radius 1 is 1.06 bits per heavy atom. The Morgan fingerprint density at radius 2 is 1.74 bits per heavy atom. The van der Waals surface area contributed by atoms with E-state index in [2.05, 4.69) is 5.32 Å².